The van der Waals surface area contributed by atoms with Crippen molar-refractivity contribution in [1.29, 1.82) is 0 Å². The van der Waals surface area contributed by atoms with E-state index in [9.17, 15) is 15.2 Å². The first-order valence-corrected chi connectivity index (χ1v) is 6.24. The van der Waals surface area contributed by atoms with Crippen LogP contribution in [0.1, 0.15) is 27.2 Å². The molecule has 19 heavy (non-hydrogen) atoms. The zero-order chi connectivity index (χ0) is 14.5. The van der Waals surface area contributed by atoms with E-state index >= 15 is 0 Å². The van der Waals surface area contributed by atoms with Crippen molar-refractivity contribution in [1.82, 2.24) is 4.98 Å². The number of nitro groups is 1. The highest BCUT2D eigenvalue weighted by Gasteiger charge is 2.18. The Balaban J connectivity index is 2.90. The topological polar surface area (TPSA) is 100 Å². The van der Waals surface area contributed by atoms with Gasteiger partial charge in [-0.15, -0.1) is 0 Å². The van der Waals surface area contributed by atoms with Gasteiger partial charge in [0.15, 0.2) is 0 Å². The van der Waals surface area contributed by atoms with Gasteiger partial charge in [-0.25, -0.2) is 4.98 Å². The summed E-state index contributed by atoms with van der Waals surface area (Å²) in [6.45, 7) is 6.36. The Morgan fingerprint density at radius 3 is 2.42 bits per heavy atom. The molecule has 1 aromatic heterocycles. The minimum absolute atomic E-state index is 0.0374. The minimum Gasteiger partial charge on any atom is -0.388 e. The highest BCUT2D eigenvalue weighted by Crippen LogP contribution is 2.21. The summed E-state index contributed by atoms with van der Waals surface area (Å²) in [5.41, 5.74) is -0.908. The molecule has 0 amide bonds. The molecule has 1 unspecified atom stereocenters. The summed E-state index contributed by atoms with van der Waals surface area (Å²) >= 11 is 0. The summed E-state index contributed by atoms with van der Waals surface area (Å²) in [5, 5.41) is 26.6. The molecule has 0 aromatic carbocycles. The summed E-state index contributed by atoms with van der Waals surface area (Å²) < 4.78 is 0. The summed E-state index contributed by atoms with van der Waals surface area (Å²) in [6, 6.07) is 2.74. The Labute approximate surface area is 112 Å². The molecule has 1 heterocycles. The fraction of sp³-hybridized carbons (Fsp3) is 0.583. The predicted octanol–water partition coefficient (Wildman–Crippen LogP) is 1.99. The van der Waals surface area contributed by atoms with Crippen LogP contribution in [0.25, 0.3) is 0 Å². The fourth-order valence-corrected chi connectivity index (χ4v) is 1.39. The van der Waals surface area contributed by atoms with E-state index in [0.717, 1.165) is 0 Å². The Bertz CT molecular complexity index is 449. The van der Waals surface area contributed by atoms with E-state index in [-0.39, 0.29) is 12.2 Å². The summed E-state index contributed by atoms with van der Waals surface area (Å²) in [7, 11) is 0. The Hall–Kier alpha value is -1.89. The highest BCUT2D eigenvalue weighted by atomic mass is 16.6. The molecule has 1 atom stereocenters. The van der Waals surface area contributed by atoms with Gasteiger partial charge in [0.05, 0.1) is 22.7 Å². The van der Waals surface area contributed by atoms with Gasteiger partial charge in [-0.3, -0.25) is 10.1 Å². The third kappa shape index (κ3) is 4.70. The van der Waals surface area contributed by atoms with Gasteiger partial charge >= 0.3 is 0 Å². The van der Waals surface area contributed by atoms with Gasteiger partial charge in [0.1, 0.15) is 11.6 Å². The number of pyridine rings is 1. The molecule has 106 valence electrons. The maximum absolute atomic E-state index is 10.8. The van der Waals surface area contributed by atoms with Crippen molar-refractivity contribution in [3.8, 4) is 0 Å². The van der Waals surface area contributed by atoms with Gasteiger partial charge in [-0.05, 0) is 20.3 Å². The van der Waals surface area contributed by atoms with Crippen LogP contribution < -0.4 is 10.6 Å². The van der Waals surface area contributed by atoms with Gasteiger partial charge < -0.3 is 15.7 Å². The average Bonchev–Trinajstić information content (AvgIpc) is 2.37. The van der Waals surface area contributed by atoms with Crippen LogP contribution in [0.3, 0.4) is 0 Å². The molecule has 0 spiro atoms. The van der Waals surface area contributed by atoms with Crippen molar-refractivity contribution in [2.45, 2.75) is 32.8 Å². The smallest absolute Gasteiger partial charge is 0.276 e. The number of hydrogen-bond acceptors (Lipinski definition) is 6. The number of anilines is 2. The molecule has 3 N–H and O–H groups in total. The van der Waals surface area contributed by atoms with Crippen molar-refractivity contribution in [3.63, 3.8) is 0 Å². The third-order valence-electron chi connectivity index (χ3n) is 2.79. The number of hydrogen-bond donors (Lipinski definition) is 3. The molecule has 0 saturated carbocycles. The maximum Gasteiger partial charge on any atom is 0.276 e. The lowest BCUT2D eigenvalue weighted by atomic mass is 10.0. The lowest BCUT2D eigenvalue weighted by molar-refractivity contribution is -0.384. The molecule has 0 saturated heterocycles. The Morgan fingerprint density at radius 1 is 1.37 bits per heavy atom. The van der Waals surface area contributed by atoms with Crippen LogP contribution >= 0.6 is 0 Å². The van der Waals surface area contributed by atoms with Crippen molar-refractivity contribution in [3.05, 3.63) is 22.2 Å². The van der Waals surface area contributed by atoms with Crippen molar-refractivity contribution < 1.29 is 10.0 Å². The second kappa shape index (κ2) is 6.33. The highest BCUT2D eigenvalue weighted by molar-refractivity contribution is 5.54. The minimum atomic E-state index is -0.870. The zero-order valence-electron chi connectivity index (χ0n) is 11.4. The van der Waals surface area contributed by atoms with Crippen LogP contribution in [0.2, 0.25) is 0 Å². The van der Waals surface area contributed by atoms with Crippen molar-refractivity contribution in [2.24, 2.45) is 0 Å². The van der Waals surface area contributed by atoms with E-state index in [4.69, 9.17) is 0 Å². The molecule has 0 aliphatic carbocycles. The van der Waals surface area contributed by atoms with E-state index in [0.29, 0.717) is 24.6 Å². The largest absolute Gasteiger partial charge is 0.388 e. The quantitative estimate of drug-likeness (QED) is 0.516. The van der Waals surface area contributed by atoms with Gasteiger partial charge in [0.25, 0.3) is 5.69 Å². The van der Waals surface area contributed by atoms with E-state index in [1.165, 1.54) is 12.1 Å². The molecule has 0 aliphatic rings. The summed E-state index contributed by atoms with van der Waals surface area (Å²) in [5.74, 6) is 0.814. The third-order valence-corrected chi connectivity index (χ3v) is 2.79. The van der Waals surface area contributed by atoms with Crippen molar-refractivity contribution >= 4 is 17.3 Å². The van der Waals surface area contributed by atoms with Gasteiger partial charge in [0.2, 0.25) is 0 Å². The molecular formula is C12H20N4O3. The first-order valence-electron chi connectivity index (χ1n) is 6.24. The lowest BCUT2D eigenvalue weighted by Gasteiger charge is -2.22. The second-order valence-corrected chi connectivity index (χ2v) is 4.59. The van der Waals surface area contributed by atoms with Gasteiger partial charge in [-0.2, -0.15) is 0 Å². The van der Waals surface area contributed by atoms with Crippen molar-refractivity contribution in [2.75, 3.05) is 23.7 Å². The van der Waals surface area contributed by atoms with Gasteiger partial charge in [-0.1, -0.05) is 6.92 Å². The lowest BCUT2D eigenvalue weighted by Crippen LogP contribution is -2.32. The molecule has 0 fully saturated rings. The van der Waals surface area contributed by atoms with Crippen LogP contribution in [0.15, 0.2) is 12.1 Å². The monoisotopic (exact) mass is 268 g/mol. The van der Waals surface area contributed by atoms with E-state index < -0.39 is 10.5 Å². The van der Waals surface area contributed by atoms with Crippen LogP contribution in [-0.4, -0.2) is 33.7 Å². The normalized spacial score (nSPS) is 13.7. The average molecular weight is 268 g/mol. The molecule has 0 radical (unpaired) electrons. The number of rotatable bonds is 7. The van der Waals surface area contributed by atoms with E-state index in [1.807, 2.05) is 13.8 Å². The number of aromatic nitrogens is 1. The summed E-state index contributed by atoms with van der Waals surface area (Å²) in [4.78, 5) is 14.6. The standard InChI is InChI=1S/C12H20N4O3/c1-4-12(3,17)8-14-11-7-9(16(18)19)6-10(15-11)13-5-2/h6-7,17H,4-5,8H2,1-3H3,(H2,13,14,15). The number of nitrogens with one attached hydrogen (secondary N) is 2. The molecule has 0 bridgehead atoms. The number of nitrogens with zero attached hydrogens (tertiary/aromatic N) is 2. The molecule has 1 aromatic rings. The first kappa shape index (κ1) is 15.2. The second-order valence-electron chi connectivity index (χ2n) is 4.59. The molecular weight excluding hydrogens is 248 g/mol. The predicted molar refractivity (Wildman–Crippen MR) is 74.5 cm³/mol. The fourth-order valence-electron chi connectivity index (χ4n) is 1.39. The Morgan fingerprint density at radius 2 is 1.95 bits per heavy atom. The molecule has 1 rings (SSSR count). The van der Waals surface area contributed by atoms with Crippen LogP contribution in [0.5, 0.6) is 0 Å². The molecule has 7 heteroatoms. The zero-order valence-corrected chi connectivity index (χ0v) is 11.4. The summed E-state index contributed by atoms with van der Waals surface area (Å²) in [6.07, 6.45) is 0.578. The van der Waals surface area contributed by atoms with Crippen LogP contribution in [0, 0.1) is 10.1 Å². The maximum atomic E-state index is 10.8. The van der Waals surface area contributed by atoms with E-state index in [2.05, 4.69) is 15.6 Å². The molecule has 7 nitrogen and oxygen atoms in total. The molecule has 0 aliphatic heterocycles. The van der Waals surface area contributed by atoms with Gasteiger partial charge in [0, 0.05) is 13.1 Å². The Kier molecular flexibility index (Phi) is 5.05. The van der Waals surface area contributed by atoms with Crippen LogP contribution in [0.4, 0.5) is 17.3 Å². The number of aliphatic hydroxyl groups is 1. The first-order chi connectivity index (χ1) is 8.88. The SMILES string of the molecule is CCNc1cc([N+](=O)[O-])cc(NCC(C)(O)CC)n1. The van der Waals surface area contributed by atoms with Crippen LogP contribution in [-0.2, 0) is 0 Å². The van der Waals surface area contributed by atoms with E-state index in [1.54, 1.807) is 6.92 Å².